The lowest BCUT2D eigenvalue weighted by Gasteiger charge is -2.35. The number of amides is 1. The molecule has 1 fully saturated rings. The molecular weight excluding hydrogens is 368 g/mol. The smallest absolute Gasteiger partial charge is 0.224 e. The fourth-order valence-electron chi connectivity index (χ4n) is 4.19. The topological polar surface area (TPSA) is 74.9 Å². The minimum atomic E-state index is -0.584. The molecule has 1 saturated heterocycles. The predicted molar refractivity (Wildman–Crippen MR) is 110 cm³/mol. The molecule has 29 heavy (non-hydrogen) atoms. The summed E-state index contributed by atoms with van der Waals surface area (Å²) < 4.78 is 12.0. The zero-order valence-corrected chi connectivity index (χ0v) is 16.1. The van der Waals surface area contributed by atoms with Gasteiger partial charge in [-0.05, 0) is 36.6 Å². The Morgan fingerprint density at radius 3 is 2.93 bits per heavy atom. The summed E-state index contributed by atoms with van der Waals surface area (Å²) in [7, 11) is 0. The number of aliphatic hydroxyl groups is 1. The van der Waals surface area contributed by atoms with Crippen molar-refractivity contribution in [2.24, 2.45) is 0 Å². The molecule has 6 heteroatoms. The summed E-state index contributed by atoms with van der Waals surface area (Å²) in [5.74, 6) is 1.62. The van der Waals surface area contributed by atoms with Crippen LogP contribution >= 0.6 is 0 Å². The van der Waals surface area contributed by atoms with Crippen LogP contribution in [0.2, 0.25) is 0 Å². The molecule has 0 spiro atoms. The van der Waals surface area contributed by atoms with Crippen LogP contribution in [0.1, 0.15) is 24.2 Å². The van der Waals surface area contributed by atoms with Crippen molar-refractivity contribution in [3.63, 3.8) is 0 Å². The van der Waals surface area contributed by atoms with Crippen molar-refractivity contribution < 1.29 is 19.1 Å². The number of hydrogen-bond donors (Lipinski definition) is 2. The molecule has 2 aliphatic rings. The molecule has 2 aromatic carbocycles. The van der Waals surface area contributed by atoms with E-state index >= 15 is 0 Å². The van der Waals surface area contributed by atoms with Crippen molar-refractivity contribution in [3.05, 3.63) is 59.9 Å². The highest BCUT2D eigenvalue weighted by molar-refractivity contribution is 5.94. The van der Waals surface area contributed by atoms with Crippen LogP contribution in [0.25, 0.3) is 11.0 Å². The van der Waals surface area contributed by atoms with Gasteiger partial charge < -0.3 is 19.6 Å². The lowest BCUT2D eigenvalue weighted by Crippen LogP contribution is -2.48. The van der Waals surface area contributed by atoms with Crippen molar-refractivity contribution >= 4 is 22.6 Å². The molecule has 150 valence electrons. The Labute approximate surface area is 169 Å². The quantitative estimate of drug-likeness (QED) is 0.712. The van der Waals surface area contributed by atoms with Gasteiger partial charge in [-0.25, -0.2) is 0 Å². The molecule has 3 heterocycles. The van der Waals surface area contributed by atoms with Gasteiger partial charge in [0.05, 0.1) is 6.54 Å². The molecule has 0 aliphatic carbocycles. The normalized spacial score (nSPS) is 22.3. The number of hydrogen-bond acceptors (Lipinski definition) is 5. The van der Waals surface area contributed by atoms with E-state index in [1.807, 2.05) is 42.5 Å². The van der Waals surface area contributed by atoms with Crippen LogP contribution in [0.15, 0.2) is 52.9 Å². The first-order valence-electron chi connectivity index (χ1n) is 10.1. The molecule has 0 unspecified atom stereocenters. The fourth-order valence-corrected chi connectivity index (χ4v) is 4.19. The van der Waals surface area contributed by atoms with Crippen LogP contribution < -0.4 is 10.1 Å². The van der Waals surface area contributed by atoms with Gasteiger partial charge in [-0.1, -0.05) is 24.3 Å². The molecule has 3 aromatic rings. The van der Waals surface area contributed by atoms with Gasteiger partial charge in [-0.3, -0.25) is 9.69 Å². The highest BCUT2D eigenvalue weighted by Crippen LogP contribution is 2.29. The van der Waals surface area contributed by atoms with Gasteiger partial charge in [0, 0.05) is 36.7 Å². The first-order valence-corrected chi connectivity index (χ1v) is 10.1. The standard InChI is InChI=1S/C23H24N2O4/c26-20-14-25(13-18-11-16-3-1-2-4-21(16)29-18)10-9-22(20)28-17-7-5-15-6-8-23(27)24-19(15)12-17/h1-5,7,11-12,20,22,26H,6,8-10,13-14H2,(H,24,27)/t20-,22-/m1/s1. The molecule has 0 radical (unpaired) electrons. The molecule has 1 aromatic heterocycles. The van der Waals surface area contributed by atoms with Gasteiger partial charge in [0.2, 0.25) is 5.91 Å². The number of fused-ring (bicyclic) bond motifs is 2. The number of β-amino-alcohol motifs (C(OH)–C–C–N with tert-alkyl or cyclic N) is 1. The summed E-state index contributed by atoms with van der Waals surface area (Å²) in [6.45, 7) is 2.02. The van der Waals surface area contributed by atoms with E-state index < -0.39 is 6.10 Å². The van der Waals surface area contributed by atoms with Gasteiger partial charge in [0.15, 0.2) is 0 Å². The molecule has 0 saturated carbocycles. The van der Waals surface area contributed by atoms with Gasteiger partial charge in [-0.2, -0.15) is 0 Å². The van der Waals surface area contributed by atoms with E-state index in [9.17, 15) is 9.90 Å². The number of aryl methyl sites for hydroxylation is 1. The largest absolute Gasteiger partial charge is 0.488 e. The maximum atomic E-state index is 11.6. The maximum Gasteiger partial charge on any atom is 0.224 e. The van der Waals surface area contributed by atoms with Crippen LogP contribution in [-0.4, -0.2) is 41.2 Å². The Morgan fingerprint density at radius 2 is 2.07 bits per heavy atom. The van der Waals surface area contributed by atoms with Gasteiger partial charge in [-0.15, -0.1) is 0 Å². The van der Waals surface area contributed by atoms with E-state index in [0.717, 1.165) is 47.4 Å². The summed E-state index contributed by atoms with van der Waals surface area (Å²) in [4.78, 5) is 13.8. The average molecular weight is 392 g/mol. The number of furan rings is 1. The third-order valence-corrected chi connectivity index (χ3v) is 5.72. The Balaban J connectivity index is 1.21. The van der Waals surface area contributed by atoms with E-state index in [1.165, 1.54) is 0 Å². The number of rotatable bonds is 4. The molecule has 0 bridgehead atoms. The minimum absolute atomic E-state index is 0.0357. The van der Waals surface area contributed by atoms with Crippen molar-refractivity contribution in [1.29, 1.82) is 0 Å². The second-order valence-corrected chi connectivity index (χ2v) is 7.87. The predicted octanol–water partition coefficient (Wildman–Crippen LogP) is 3.33. The number of piperidine rings is 1. The molecule has 1 amide bonds. The summed E-state index contributed by atoms with van der Waals surface area (Å²) in [6, 6.07) is 15.8. The van der Waals surface area contributed by atoms with Crippen molar-refractivity contribution in [3.8, 4) is 5.75 Å². The first-order chi connectivity index (χ1) is 14.1. The lowest BCUT2D eigenvalue weighted by molar-refractivity contribution is -0.116. The van der Waals surface area contributed by atoms with Crippen molar-refractivity contribution in [2.75, 3.05) is 18.4 Å². The minimum Gasteiger partial charge on any atom is -0.488 e. The average Bonchev–Trinajstić information content (AvgIpc) is 3.12. The van der Waals surface area contributed by atoms with Gasteiger partial charge in [0.1, 0.15) is 29.3 Å². The monoisotopic (exact) mass is 392 g/mol. The Kier molecular flexibility index (Phi) is 4.73. The third kappa shape index (κ3) is 3.86. The second kappa shape index (κ2) is 7.54. The molecule has 2 N–H and O–H groups in total. The summed E-state index contributed by atoms with van der Waals surface area (Å²) in [5, 5.41) is 14.6. The fraction of sp³-hybridized carbons (Fsp3) is 0.348. The summed E-state index contributed by atoms with van der Waals surface area (Å²) >= 11 is 0. The first kappa shape index (κ1) is 18.2. The van der Waals surface area contributed by atoms with Crippen LogP contribution in [0.4, 0.5) is 5.69 Å². The zero-order chi connectivity index (χ0) is 19.8. The number of carbonyl (C=O) groups excluding carboxylic acids is 1. The molecule has 2 aliphatic heterocycles. The van der Waals surface area contributed by atoms with Crippen molar-refractivity contribution in [1.82, 2.24) is 4.90 Å². The van der Waals surface area contributed by atoms with E-state index in [4.69, 9.17) is 9.15 Å². The summed E-state index contributed by atoms with van der Waals surface area (Å²) in [6.07, 6.45) is 1.16. The maximum absolute atomic E-state index is 11.6. The van der Waals surface area contributed by atoms with E-state index in [-0.39, 0.29) is 12.0 Å². The number of nitrogens with one attached hydrogen (secondary N) is 1. The van der Waals surface area contributed by atoms with Gasteiger partial charge in [0.25, 0.3) is 0 Å². The number of para-hydroxylation sites is 1. The molecule has 2 atom stereocenters. The zero-order valence-electron chi connectivity index (χ0n) is 16.1. The molecule has 5 rings (SSSR count). The van der Waals surface area contributed by atoms with Crippen LogP contribution in [-0.2, 0) is 17.8 Å². The molecule has 6 nitrogen and oxygen atoms in total. The van der Waals surface area contributed by atoms with Crippen LogP contribution in [0.3, 0.4) is 0 Å². The SMILES string of the molecule is O=C1CCc2ccc(O[C@@H]3CCN(Cc4cc5ccccc5o4)C[C@H]3O)cc2N1. The van der Waals surface area contributed by atoms with Gasteiger partial charge >= 0.3 is 0 Å². The van der Waals surface area contributed by atoms with Crippen LogP contribution in [0, 0.1) is 0 Å². The number of nitrogens with zero attached hydrogens (tertiary/aromatic N) is 1. The Hall–Kier alpha value is -2.83. The number of aliphatic hydroxyl groups excluding tert-OH is 1. The number of ether oxygens (including phenoxy) is 1. The number of likely N-dealkylation sites (tertiary alicyclic amines) is 1. The van der Waals surface area contributed by atoms with E-state index in [0.29, 0.717) is 25.3 Å². The van der Waals surface area contributed by atoms with E-state index in [2.05, 4.69) is 16.3 Å². The summed E-state index contributed by atoms with van der Waals surface area (Å²) in [5.41, 5.74) is 2.83. The second-order valence-electron chi connectivity index (χ2n) is 7.87. The third-order valence-electron chi connectivity index (χ3n) is 5.72. The van der Waals surface area contributed by atoms with Crippen LogP contribution in [0.5, 0.6) is 5.75 Å². The number of benzene rings is 2. The van der Waals surface area contributed by atoms with Crippen molar-refractivity contribution in [2.45, 2.75) is 38.0 Å². The highest BCUT2D eigenvalue weighted by Gasteiger charge is 2.30. The number of carbonyl (C=O) groups is 1. The lowest BCUT2D eigenvalue weighted by atomic mass is 10.0. The number of anilines is 1. The Morgan fingerprint density at radius 1 is 1.17 bits per heavy atom. The highest BCUT2D eigenvalue weighted by atomic mass is 16.5. The Bertz CT molecular complexity index is 1010. The van der Waals surface area contributed by atoms with E-state index in [1.54, 1.807) is 0 Å². The molecular formula is C23H24N2O4.